The zero-order valence-electron chi connectivity index (χ0n) is 11.3. The molecule has 0 aliphatic carbocycles. The van der Waals surface area contributed by atoms with E-state index in [2.05, 4.69) is 53.3 Å². The maximum Gasteiger partial charge on any atom is 0.147 e. The van der Waals surface area contributed by atoms with E-state index in [1.807, 2.05) is 13.0 Å². The molecule has 1 atom stereocenters. The molecule has 0 saturated carbocycles. The molecule has 0 heterocycles. The molecule has 19 heavy (non-hydrogen) atoms. The molecule has 0 bridgehead atoms. The van der Waals surface area contributed by atoms with E-state index in [-0.39, 0.29) is 11.9 Å². The van der Waals surface area contributed by atoms with Gasteiger partial charge >= 0.3 is 0 Å². The Balaban J connectivity index is 2.20. The summed E-state index contributed by atoms with van der Waals surface area (Å²) >= 11 is 3.26. The SMILES string of the molecule is Cc1ccc(C(C)Nc2ccc(Br)cc2F)cc1C. The molecule has 3 heteroatoms. The molecule has 2 aromatic rings. The van der Waals surface area contributed by atoms with E-state index in [9.17, 15) is 4.39 Å². The van der Waals surface area contributed by atoms with Crippen LogP contribution in [0, 0.1) is 19.7 Å². The van der Waals surface area contributed by atoms with Gasteiger partial charge in [-0.1, -0.05) is 34.1 Å². The van der Waals surface area contributed by atoms with Crippen LogP contribution in [0.15, 0.2) is 40.9 Å². The number of nitrogens with one attached hydrogen (secondary N) is 1. The van der Waals surface area contributed by atoms with Crippen LogP contribution in [0.2, 0.25) is 0 Å². The predicted molar refractivity (Wildman–Crippen MR) is 82.1 cm³/mol. The second-order valence-corrected chi connectivity index (χ2v) is 5.75. The largest absolute Gasteiger partial charge is 0.376 e. The van der Waals surface area contributed by atoms with Gasteiger partial charge in [-0.2, -0.15) is 0 Å². The number of hydrogen-bond donors (Lipinski definition) is 1. The van der Waals surface area contributed by atoms with Crippen LogP contribution in [0.4, 0.5) is 10.1 Å². The highest BCUT2D eigenvalue weighted by Crippen LogP contribution is 2.25. The van der Waals surface area contributed by atoms with Gasteiger partial charge in [0.05, 0.1) is 5.69 Å². The summed E-state index contributed by atoms with van der Waals surface area (Å²) in [5.41, 5.74) is 4.20. The maximum atomic E-state index is 13.8. The molecule has 100 valence electrons. The molecule has 1 N–H and O–H groups in total. The molecule has 0 aliphatic heterocycles. The molecule has 2 rings (SSSR count). The van der Waals surface area contributed by atoms with Crippen LogP contribution >= 0.6 is 15.9 Å². The fourth-order valence-corrected chi connectivity index (χ4v) is 2.29. The molecule has 0 saturated heterocycles. The van der Waals surface area contributed by atoms with Crippen molar-refractivity contribution in [3.8, 4) is 0 Å². The summed E-state index contributed by atoms with van der Waals surface area (Å²) in [6.07, 6.45) is 0. The molecular weight excluding hydrogens is 305 g/mol. The van der Waals surface area contributed by atoms with Crippen molar-refractivity contribution < 1.29 is 4.39 Å². The summed E-state index contributed by atoms with van der Waals surface area (Å²) in [7, 11) is 0. The van der Waals surface area contributed by atoms with Gasteiger partial charge in [-0.3, -0.25) is 0 Å². The van der Waals surface area contributed by atoms with E-state index in [0.29, 0.717) is 5.69 Å². The van der Waals surface area contributed by atoms with Crippen LogP contribution in [0.25, 0.3) is 0 Å². The lowest BCUT2D eigenvalue weighted by Crippen LogP contribution is -2.08. The Morgan fingerprint density at radius 1 is 1.05 bits per heavy atom. The molecule has 0 aromatic heterocycles. The third-order valence-electron chi connectivity index (χ3n) is 3.33. The highest BCUT2D eigenvalue weighted by atomic mass is 79.9. The summed E-state index contributed by atoms with van der Waals surface area (Å²) < 4.78 is 14.5. The number of aryl methyl sites for hydroxylation is 2. The maximum absolute atomic E-state index is 13.8. The minimum Gasteiger partial charge on any atom is -0.376 e. The first-order valence-corrected chi connectivity index (χ1v) is 7.05. The van der Waals surface area contributed by atoms with E-state index < -0.39 is 0 Å². The van der Waals surface area contributed by atoms with Crippen LogP contribution in [-0.2, 0) is 0 Å². The molecular formula is C16H17BrFN. The Morgan fingerprint density at radius 2 is 1.79 bits per heavy atom. The third kappa shape index (κ3) is 3.35. The van der Waals surface area contributed by atoms with Gasteiger partial charge in [-0.25, -0.2) is 4.39 Å². The Morgan fingerprint density at radius 3 is 2.42 bits per heavy atom. The van der Waals surface area contributed by atoms with Crippen molar-refractivity contribution in [2.45, 2.75) is 26.8 Å². The topological polar surface area (TPSA) is 12.0 Å². The molecule has 2 aromatic carbocycles. The second kappa shape index (κ2) is 5.74. The summed E-state index contributed by atoms with van der Waals surface area (Å²) in [4.78, 5) is 0. The van der Waals surface area contributed by atoms with Crippen LogP contribution in [-0.4, -0.2) is 0 Å². The minimum absolute atomic E-state index is 0.0648. The van der Waals surface area contributed by atoms with Crippen LogP contribution in [0.1, 0.15) is 29.7 Å². The van der Waals surface area contributed by atoms with Gasteiger partial charge in [0.15, 0.2) is 0 Å². The molecule has 0 spiro atoms. The normalized spacial score (nSPS) is 12.3. The lowest BCUT2D eigenvalue weighted by molar-refractivity contribution is 0.626. The van der Waals surface area contributed by atoms with E-state index in [4.69, 9.17) is 0 Å². The van der Waals surface area contributed by atoms with E-state index in [1.54, 1.807) is 6.07 Å². The first-order valence-electron chi connectivity index (χ1n) is 6.26. The molecule has 0 aliphatic rings. The number of hydrogen-bond acceptors (Lipinski definition) is 1. The summed E-state index contributed by atoms with van der Waals surface area (Å²) in [6, 6.07) is 11.4. The second-order valence-electron chi connectivity index (χ2n) is 4.83. The van der Waals surface area contributed by atoms with Crippen molar-refractivity contribution in [1.29, 1.82) is 0 Å². The van der Waals surface area contributed by atoms with Gasteiger partial charge in [0, 0.05) is 10.5 Å². The van der Waals surface area contributed by atoms with Crippen molar-refractivity contribution in [3.63, 3.8) is 0 Å². The standard InChI is InChI=1S/C16H17BrFN/c1-10-4-5-13(8-11(10)2)12(3)19-16-7-6-14(17)9-15(16)18/h4-9,12,19H,1-3H3. The number of anilines is 1. The Hall–Kier alpha value is -1.35. The fraction of sp³-hybridized carbons (Fsp3) is 0.250. The van der Waals surface area contributed by atoms with Crippen molar-refractivity contribution in [1.82, 2.24) is 0 Å². The van der Waals surface area contributed by atoms with Gasteiger partial charge in [-0.05, 0) is 55.7 Å². The monoisotopic (exact) mass is 321 g/mol. The highest BCUT2D eigenvalue weighted by Gasteiger charge is 2.09. The third-order valence-corrected chi connectivity index (χ3v) is 3.83. The number of benzene rings is 2. The first kappa shape index (κ1) is 14.1. The molecule has 1 unspecified atom stereocenters. The average molecular weight is 322 g/mol. The lowest BCUT2D eigenvalue weighted by atomic mass is 10.0. The highest BCUT2D eigenvalue weighted by molar-refractivity contribution is 9.10. The van der Waals surface area contributed by atoms with Crippen molar-refractivity contribution in [2.75, 3.05) is 5.32 Å². The first-order chi connectivity index (χ1) is 8.97. The van der Waals surface area contributed by atoms with Gasteiger partial charge < -0.3 is 5.32 Å². The Kier molecular flexibility index (Phi) is 4.25. The predicted octanol–water partition coefficient (Wildman–Crippen LogP) is 5.38. The van der Waals surface area contributed by atoms with E-state index >= 15 is 0 Å². The van der Waals surface area contributed by atoms with Crippen molar-refractivity contribution in [3.05, 3.63) is 63.4 Å². The van der Waals surface area contributed by atoms with Crippen molar-refractivity contribution >= 4 is 21.6 Å². The average Bonchev–Trinajstić information content (AvgIpc) is 2.36. The van der Waals surface area contributed by atoms with E-state index in [0.717, 1.165) is 10.0 Å². The van der Waals surface area contributed by atoms with Crippen LogP contribution < -0.4 is 5.32 Å². The van der Waals surface area contributed by atoms with E-state index in [1.165, 1.54) is 17.2 Å². The molecule has 0 amide bonds. The Bertz CT molecular complexity index is 595. The quantitative estimate of drug-likeness (QED) is 0.800. The molecule has 0 radical (unpaired) electrons. The summed E-state index contributed by atoms with van der Waals surface area (Å²) in [6.45, 7) is 6.21. The summed E-state index contributed by atoms with van der Waals surface area (Å²) in [5.74, 6) is -0.245. The van der Waals surface area contributed by atoms with Gasteiger partial charge in [-0.15, -0.1) is 0 Å². The number of halogens is 2. The van der Waals surface area contributed by atoms with Crippen LogP contribution in [0.3, 0.4) is 0 Å². The summed E-state index contributed by atoms with van der Waals surface area (Å²) in [5, 5.41) is 3.20. The van der Waals surface area contributed by atoms with Gasteiger partial charge in [0.1, 0.15) is 5.82 Å². The fourth-order valence-electron chi connectivity index (χ4n) is 1.96. The lowest BCUT2D eigenvalue weighted by Gasteiger charge is -2.17. The van der Waals surface area contributed by atoms with Crippen LogP contribution in [0.5, 0.6) is 0 Å². The zero-order chi connectivity index (χ0) is 14.0. The molecule has 0 fully saturated rings. The van der Waals surface area contributed by atoms with Gasteiger partial charge in [0.25, 0.3) is 0 Å². The van der Waals surface area contributed by atoms with Crippen molar-refractivity contribution in [2.24, 2.45) is 0 Å². The zero-order valence-corrected chi connectivity index (χ0v) is 12.9. The molecule has 1 nitrogen and oxygen atoms in total. The van der Waals surface area contributed by atoms with Gasteiger partial charge in [0.2, 0.25) is 0 Å². The number of rotatable bonds is 3. The Labute approximate surface area is 122 Å². The minimum atomic E-state index is -0.245. The smallest absolute Gasteiger partial charge is 0.147 e.